The number of aromatic nitrogens is 1. The monoisotopic (exact) mass is 548 g/mol. The molecule has 0 saturated carbocycles. The average molecular weight is 549 g/mol. The van der Waals surface area contributed by atoms with Crippen molar-refractivity contribution in [3.63, 3.8) is 0 Å². The van der Waals surface area contributed by atoms with E-state index >= 15 is 0 Å². The van der Waals surface area contributed by atoms with Crippen LogP contribution in [0.1, 0.15) is 35.2 Å². The molecule has 39 heavy (non-hydrogen) atoms. The van der Waals surface area contributed by atoms with Crippen LogP contribution >= 0.6 is 0 Å². The van der Waals surface area contributed by atoms with E-state index in [2.05, 4.69) is 21.1 Å². The zero-order valence-electron chi connectivity index (χ0n) is 22.2. The maximum absolute atomic E-state index is 13.4. The number of ketones is 1. The summed E-state index contributed by atoms with van der Waals surface area (Å²) in [6.07, 6.45) is 0.189. The van der Waals surface area contributed by atoms with Crippen LogP contribution in [0, 0.1) is 12.7 Å². The van der Waals surface area contributed by atoms with Crippen molar-refractivity contribution in [3.05, 3.63) is 53.2 Å². The molecule has 13 heteroatoms. The highest BCUT2D eigenvalue weighted by Gasteiger charge is 2.50. The molecule has 0 radical (unpaired) electrons. The molecule has 3 amide bonds. The highest BCUT2D eigenvalue weighted by molar-refractivity contribution is 5.99. The molecule has 1 aliphatic heterocycles. The third kappa shape index (κ3) is 8.40. The van der Waals surface area contributed by atoms with Gasteiger partial charge in [-0.05, 0) is 44.4 Å². The molecular weight excluding hydrogens is 515 g/mol. The number of halogens is 1. The number of aryl methyl sites for hydroxylation is 1. The van der Waals surface area contributed by atoms with Gasteiger partial charge in [-0.3, -0.25) is 19.2 Å². The zero-order chi connectivity index (χ0) is 28.6. The van der Waals surface area contributed by atoms with Crippen molar-refractivity contribution in [2.75, 3.05) is 34.0 Å². The molecule has 0 spiro atoms. The van der Waals surface area contributed by atoms with Crippen LogP contribution in [0.3, 0.4) is 0 Å². The standard InChI is InChI=1S/C26H33FN4O8/c1-15-11-20(31-39-15)24(34)28-18(9-10-36-3)23(33)30-21(13-37-4)25(35)29-19(22(32)26(2)14-38-26)12-16-5-7-17(27)8-6-16/h5-8,11,18-19,21H,9-10,12-14H2,1-4H3,(H,28,34)(H,29,35)(H,30,33)/t18-,19?,21-,26+/m0/s1. The van der Waals surface area contributed by atoms with Gasteiger partial charge in [-0.15, -0.1) is 0 Å². The first kappa shape index (κ1) is 29.9. The number of carbonyl (C=O) groups is 4. The number of carbonyl (C=O) groups excluding carboxylic acids is 4. The third-order valence-corrected chi connectivity index (χ3v) is 6.14. The number of hydrogen-bond donors (Lipinski definition) is 3. The first-order valence-electron chi connectivity index (χ1n) is 12.3. The second kappa shape index (κ2) is 13.4. The molecule has 1 aromatic carbocycles. The van der Waals surface area contributed by atoms with Gasteiger partial charge in [0.2, 0.25) is 11.8 Å². The van der Waals surface area contributed by atoms with E-state index in [-0.39, 0.29) is 44.1 Å². The molecule has 4 atom stereocenters. The lowest BCUT2D eigenvalue weighted by Crippen LogP contribution is -2.58. The number of amides is 3. The summed E-state index contributed by atoms with van der Waals surface area (Å²) in [7, 11) is 2.80. The topological polar surface area (TPSA) is 161 Å². The van der Waals surface area contributed by atoms with Crippen LogP contribution in [0.15, 0.2) is 34.9 Å². The summed E-state index contributed by atoms with van der Waals surface area (Å²) in [4.78, 5) is 52.1. The Bertz CT molecular complexity index is 1160. The minimum Gasteiger partial charge on any atom is -0.385 e. The van der Waals surface area contributed by atoms with Gasteiger partial charge in [0.25, 0.3) is 5.91 Å². The molecule has 12 nitrogen and oxygen atoms in total. The van der Waals surface area contributed by atoms with Crippen LogP contribution in [-0.4, -0.2) is 86.4 Å². The van der Waals surface area contributed by atoms with E-state index in [9.17, 15) is 23.6 Å². The molecule has 1 unspecified atom stereocenters. The smallest absolute Gasteiger partial charge is 0.274 e. The highest BCUT2D eigenvalue weighted by atomic mass is 19.1. The Morgan fingerprint density at radius 1 is 1.03 bits per heavy atom. The molecule has 1 fully saturated rings. The molecule has 1 aromatic heterocycles. The number of rotatable bonds is 15. The molecule has 1 aliphatic rings. The molecule has 3 rings (SSSR count). The number of nitrogens with one attached hydrogen (secondary N) is 3. The van der Waals surface area contributed by atoms with Crippen molar-refractivity contribution in [2.45, 2.75) is 50.4 Å². The van der Waals surface area contributed by atoms with Crippen molar-refractivity contribution in [1.82, 2.24) is 21.1 Å². The number of nitrogens with zero attached hydrogens (tertiary/aromatic N) is 1. The lowest BCUT2D eigenvalue weighted by atomic mass is 9.94. The van der Waals surface area contributed by atoms with Crippen LogP contribution in [-0.2, 0) is 35.0 Å². The van der Waals surface area contributed by atoms with Gasteiger partial charge in [-0.1, -0.05) is 17.3 Å². The van der Waals surface area contributed by atoms with Crippen molar-refractivity contribution in [2.24, 2.45) is 0 Å². The molecule has 1 saturated heterocycles. The number of methoxy groups -OCH3 is 2. The number of epoxide rings is 1. The fourth-order valence-corrected chi connectivity index (χ4v) is 3.79. The lowest BCUT2D eigenvalue weighted by molar-refractivity contribution is -0.134. The van der Waals surface area contributed by atoms with Gasteiger partial charge >= 0.3 is 0 Å². The molecule has 2 heterocycles. The summed E-state index contributed by atoms with van der Waals surface area (Å²) < 4.78 is 33.7. The fraction of sp³-hybridized carbons (Fsp3) is 0.500. The van der Waals surface area contributed by atoms with E-state index in [0.29, 0.717) is 11.3 Å². The quantitative estimate of drug-likeness (QED) is 0.269. The highest BCUT2D eigenvalue weighted by Crippen LogP contribution is 2.29. The summed E-state index contributed by atoms with van der Waals surface area (Å²) >= 11 is 0. The van der Waals surface area contributed by atoms with Gasteiger partial charge in [-0.25, -0.2) is 4.39 Å². The second-order valence-corrected chi connectivity index (χ2v) is 9.42. The van der Waals surface area contributed by atoms with Crippen molar-refractivity contribution in [1.29, 1.82) is 0 Å². The second-order valence-electron chi connectivity index (χ2n) is 9.42. The van der Waals surface area contributed by atoms with Gasteiger partial charge in [0.15, 0.2) is 11.5 Å². The normalized spacial score (nSPS) is 18.5. The maximum atomic E-state index is 13.4. The predicted octanol–water partition coefficient (Wildman–Crippen LogP) is 0.474. The van der Waals surface area contributed by atoms with Crippen LogP contribution in [0.2, 0.25) is 0 Å². The average Bonchev–Trinajstić information content (AvgIpc) is 3.51. The third-order valence-electron chi connectivity index (χ3n) is 6.14. The summed E-state index contributed by atoms with van der Waals surface area (Å²) in [6, 6.07) is 3.70. The van der Waals surface area contributed by atoms with Gasteiger partial charge in [0.1, 0.15) is 29.3 Å². The Kier molecular flexibility index (Phi) is 10.3. The fourth-order valence-electron chi connectivity index (χ4n) is 3.79. The van der Waals surface area contributed by atoms with Crippen LogP contribution in [0.25, 0.3) is 0 Å². The molecule has 0 bridgehead atoms. The molecule has 3 N–H and O–H groups in total. The molecule has 0 aliphatic carbocycles. The SMILES string of the molecule is COCC[C@H](NC(=O)c1cc(C)on1)C(=O)N[C@@H](COC)C(=O)NC(Cc1ccc(F)cc1)C(=O)[C@@]1(C)CO1. The Balaban J connectivity index is 1.72. The zero-order valence-corrected chi connectivity index (χ0v) is 22.2. The van der Waals surface area contributed by atoms with E-state index in [1.807, 2.05) is 0 Å². The van der Waals surface area contributed by atoms with Gasteiger partial charge in [0, 0.05) is 26.9 Å². The number of hydrogen-bond acceptors (Lipinski definition) is 9. The van der Waals surface area contributed by atoms with Crippen LogP contribution in [0.5, 0.6) is 0 Å². The van der Waals surface area contributed by atoms with Gasteiger partial charge < -0.3 is 34.7 Å². The first-order valence-corrected chi connectivity index (χ1v) is 12.3. The summed E-state index contributed by atoms with van der Waals surface area (Å²) in [5, 5.41) is 11.5. The van der Waals surface area contributed by atoms with E-state index < -0.39 is 47.3 Å². The molecule has 212 valence electrons. The lowest BCUT2D eigenvalue weighted by Gasteiger charge is -2.25. The maximum Gasteiger partial charge on any atom is 0.274 e. The predicted molar refractivity (Wildman–Crippen MR) is 134 cm³/mol. The van der Waals surface area contributed by atoms with E-state index in [0.717, 1.165) is 0 Å². The van der Waals surface area contributed by atoms with E-state index in [1.165, 1.54) is 44.6 Å². The van der Waals surface area contributed by atoms with Crippen LogP contribution in [0.4, 0.5) is 4.39 Å². The summed E-state index contributed by atoms with van der Waals surface area (Å²) in [6.45, 7) is 3.38. The Morgan fingerprint density at radius 2 is 1.67 bits per heavy atom. The molecule has 2 aromatic rings. The summed E-state index contributed by atoms with van der Waals surface area (Å²) in [5.41, 5.74) is -0.420. The number of ether oxygens (including phenoxy) is 3. The largest absolute Gasteiger partial charge is 0.385 e. The number of benzene rings is 1. The first-order chi connectivity index (χ1) is 18.6. The minimum absolute atomic E-state index is 0.00756. The van der Waals surface area contributed by atoms with Crippen molar-refractivity contribution < 1.29 is 42.3 Å². The van der Waals surface area contributed by atoms with Crippen molar-refractivity contribution >= 4 is 23.5 Å². The van der Waals surface area contributed by atoms with Gasteiger partial charge in [-0.2, -0.15) is 0 Å². The van der Waals surface area contributed by atoms with E-state index in [4.69, 9.17) is 18.7 Å². The Morgan fingerprint density at radius 3 is 2.23 bits per heavy atom. The summed E-state index contributed by atoms with van der Waals surface area (Å²) in [5.74, 6) is -2.35. The Labute approximate surface area is 224 Å². The van der Waals surface area contributed by atoms with Crippen LogP contribution < -0.4 is 16.0 Å². The van der Waals surface area contributed by atoms with Crippen molar-refractivity contribution in [3.8, 4) is 0 Å². The van der Waals surface area contributed by atoms with E-state index in [1.54, 1.807) is 13.8 Å². The van der Waals surface area contributed by atoms with Gasteiger partial charge in [0.05, 0.1) is 19.3 Å². The number of Topliss-reactive ketones (excluding diaryl/α,β-unsaturated/α-hetero) is 1. The Hall–Kier alpha value is -3.68. The molecular formula is C26H33FN4O8. The minimum atomic E-state index is -1.20.